The van der Waals surface area contributed by atoms with Crippen molar-refractivity contribution in [3.05, 3.63) is 60.4 Å². The molecule has 0 radical (unpaired) electrons. The number of furan rings is 1. The fraction of sp³-hybridized carbons (Fsp3) is 0.188. The molecule has 0 atom stereocenters. The third-order valence-electron chi connectivity index (χ3n) is 3.21. The minimum Gasteiger partial charge on any atom is -0.472 e. The molecule has 0 aliphatic heterocycles. The summed E-state index contributed by atoms with van der Waals surface area (Å²) in [6, 6.07) is 5.90. The van der Waals surface area contributed by atoms with Crippen LogP contribution in [-0.4, -0.2) is 15.0 Å². The van der Waals surface area contributed by atoms with E-state index in [1.807, 2.05) is 36.8 Å². The number of anilines is 1. The van der Waals surface area contributed by atoms with Crippen LogP contribution in [0.4, 0.5) is 5.95 Å². The van der Waals surface area contributed by atoms with Crippen molar-refractivity contribution >= 4 is 5.95 Å². The molecule has 0 bridgehead atoms. The Bertz CT molecular complexity index is 675. The predicted octanol–water partition coefficient (Wildman–Crippen LogP) is 3.31. The van der Waals surface area contributed by atoms with E-state index < -0.39 is 0 Å². The molecule has 106 valence electrons. The first-order chi connectivity index (χ1) is 10.3. The first-order valence-electron chi connectivity index (χ1n) is 6.87. The van der Waals surface area contributed by atoms with E-state index in [2.05, 4.69) is 27.2 Å². The van der Waals surface area contributed by atoms with E-state index in [4.69, 9.17) is 4.42 Å². The van der Waals surface area contributed by atoms with E-state index in [9.17, 15) is 0 Å². The van der Waals surface area contributed by atoms with Crippen LogP contribution in [0.1, 0.15) is 18.1 Å². The Morgan fingerprint density at radius 2 is 1.81 bits per heavy atom. The molecule has 5 heteroatoms. The van der Waals surface area contributed by atoms with Gasteiger partial charge in [-0.15, -0.1) is 0 Å². The second kappa shape index (κ2) is 6.17. The number of aromatic nitrogens is 3. The van der Waals surface area contributed by atoms with Crippen LogP contribution < -0.4 is 5.32 Å². The van der Waals surface area contributed by atoms with E-state index >= 15 is 0 Å². The lowest BCUT2D eigenvalue weighted by Gasteiger charge is -2.05. The molecule has 0 aliphatic rings. The van der Waals surface area contributed by atoms with Gasteiger partial charge in [0.25, 0.3) is 0 Å². The highest BCUT2D eigenvalue weighted by atomic mass is 16.3. The molecule has 0 fully saturated rings. The summed E-state index contributed by atoms with van der Waals surface area (Å²) < 4.78 is 5.05. The van der Waals surface area contributed by atoms with E-state index in [0.717, 1.165) is 28.8 Å². The van der Waals surface area contributed by atoms with Crippen LogP contribution >= 0.6 is 0 Å². The summed E-state index contributed by atoms with van der Waals surface area (Å²) >= 11 is 0. The second-order valence-electron chi connectivity index (χ2n) is 4.69. The Morgan fingerprint density at radius 3 is 2.43 bits per heavy atom. The third kappa shape index (κ3) is 3.25. The van der Waals surface area contributed by atoms with Crippen LogP contribution in [0.2, 0.25) is 0 Å². The largest absolute Gasteiger partial charge is 0.472 e. The molecule has 21 heavy (non-hydrogen) atoms. The Hall–Kier alpha value is -2.69. The Kier molecular flexibility index (Phi) is 3.91. The molecular formula is C16H16N4O. The van der Waals surface area contributed by atoms with Crippen molar-refractivity contribution in [2.75, 3.05) is 5.32 Å². The fourth-order valence-electron chi connectivity index (χ4n) is 1.92. The lowest BCUT2D eigenvalue weighted by Crippen LogP contribution is -2.04. The highest BCUT2D eigenvalue weighted by molar-refractivity contribution is 5.57. The molecule has 0 saturated heterocycles. The standard InChI is InChI=1S/C16H16N4O/c1-2-12-7-18-16(19-8-12)20-10-13-3-4-15(17-9-13)14-5-6-21-11-14/h3-9,11H,2,10H2,1H3,(H,18,19,20). The van der Waals surface area contributed by atoms with Gasteiger partial charge in [-0.2, -0.15) is 0 Å². The van der Waals surface area contributed by atoms with Gasteiger partial charge in [0.05, 0.1) is 18.2 Å². The molecule has 0 aliphatic carbocycles. The van der Waals surface area contributed by atoms with Gasteiger partial charge in [0.15, 0.2) is 0 Å². The highest BCUT2D eigenvalue weighted by Crippen LogP contribution is 2.17. The van der Waals surface area contributed by atoms with Crippen molar-refractivity contribution in [3.63, 3.8) is 0 Å². The molecular weight excluding hydrogens is 264 g/mol. The van der Waals surface area contributed by atoms with Gasteiger partial charge >= 0.3 is 0 Å². The smallest absolute Gasteiger partial charge is 0.222 e. The average Bonchev–Trinajstić information content (AvgIpc) is 3.08. The molecule has 1 N–H and O–H groups in total. The molecule has 0 spiro atoms. The minimum absolute atomic E-state index is 0.631. The summed E-state index contributed by atoms with van der Waals surface area (Å²) in [5.74, 6) is 0.631. The SMILES string of the molecule is CCc1cnc(NCc2ccc(-c3ccoc3)nc2)nc1. The third-order valence-corrected chi connectivity index (χ3v) is 3.21. The van der Waals surface area contributed by atoms with Crippen molar-refractivity contribution in [1.29, 1.82) is 0 Å². The number of rotatable bonds is 5. The zero-order valence-corrected chi connectivity index (χ0v) is 11.8. The van der Waals surface area contributed by atoms with E-state index in [0.29, 0.717) is 12.5 Å². The maximum Gasteiger partial charge on any atom is 0.222 e. The van der Waals surface area contributed by atoms with Crippen LogP contribution in [0.15, 0.2) is 53.7 Å². The quantitative estimate of drug-likeness (QED) is 0.776. The molecule has 0 unspecified atom stereocenters. The first-order valence-corrected chi connectivity index (χ1v) is 6.87. The summed E-state index contributed by atoms with van der Waals surface area (Å²) in [7, 11) is 0. The van der Waals surface area contributed by atoms with Gasteiger partial charge in [0.2, 0.25) is 5.95 Å². The van der Waals surface area contributed by atoms with Crippen LogP contribution in [0, 0.1) is 0 Å². The summed E-state index contributed by atoms with van der Waals surface area (Å²) in [6.07, 6.45) is 9.80. The monoisotopic (exact) mass is 280 g/mol. The predicted molar refractivity (Wildman–Crippen MR) is 80.7 cm³/mol. The summed E-state index contributed by atoms with van der Waals surface area (Å²) in [4.78, 5) is 13.0. The number of nitrogens with one attached hydrogen (secondary N) is 1. The van der Waals surface area contributed by atoms with Gasteiger partial charge in [0, 0.05) is 30.7 Å². The molecule has 3 aromatic heterocycles. The molecule has 0 saturated carbocycles. The highest BCUT2D eigenvalue weighted by Gasteiger charge is 2.02. The molecule has 3 rings (SSSR count). The number of nitrogens with zero attached hydrogens (tertiary/aromatic N) is 3. The van der Waals surface area contributed by atoms with Crippen molar-refractivity contribution in [2.24, 2.45) is 0 Å². The zero-order chi connectivity index (χ0) is 14.5. The van der Waals surface area contributed by atoms with Crippen molar-refractivity contribution < 1.29 is 4.42 Å². The zero-order valence-electron chi connectivity index (χ0n) is 11.8. The Labute approximate surface area is 123 Å². The molecule has 5 nitrogen and oxygen atoms in total. The maximum absolute atomic E-state index is 5.05. The van der Waals surface area contributed by atoms with Gasteiger partial charge < -0.3 is 9.73 Å². The van der Waals surface area contributed by atoms with Crippen LogP contribution in [-0.2, 0) is 13.0 Å². The van der Waals surface area contributed by atoms with Gasteiger partial charge in [-0.3, -0.25) is 4.98 Å². The van der Waals surface area contributed by atoms with Crippen LogP contribution in [0.3, 0.4) is 0 Å². The normalized spacial score (nSPS) is 10.5. The van der Waals surface area contributed by atoms with Crippen LogP contribution in [0.5, 0.6) is 0 Å². The van der Waals surface area contributed by atoms with Gasteiger partial charge in [-0.25, -0.2) is 9.97 Å². The second-order valence-corrected chi connectivity index (χ2v) is 4.69. The number of pyridine rings is 1. The summed E-state index contributed by atoms with van der Waals surface area (Å²) in [5.41, 5.74) is 4.08. The molecule has 0 aromatic carbocycles. The molecule has 3 heterocycles. The van der Waals surface area contributed by atoms with E-state index in [1.165, 1.54) is 0 Å². The number of aryl methyl sites for hydroxylation is 1. The lowest BCUT2D eigenvalue weighted by molar-refractivity contribution is 0.568. The molecule has 0 amide bonds. The Balaban J connectivity index is 1.62. The van der Waals surface area contributed by atoms with Crippen molar-refractivity contribution in [3.8, 4) is 11.3 Å². The lowest BCUT2D eigenvalue weighted by atomic mass is 10.2. The molecule has 3 aromatic rings. The van der Waals surface area contributed by atoms with Gasteiger partial charge in [0.1, 0.15) is 0 Å². The fourth-order valence-corrected chi connectivity index (χ4v) is 1.92. The number of hydrogen-bond donors (Lipinski definition) is 1. The minimum atomic E-state index is 0.631. The topological polar surface area (TPSA) is 63.8 Å². The van der Waals surface area contributed by atoms with Crippen LogP contribution in [0.25, 0.3) is 11.3 Å². The summed E-state index contributed by atoms with van der Waals surface area (Å²) in [5, 5.41) is 3.19. The number of hydrogen-bond acceptors (Lipinski definition) is 5. The van der Waals surface area contributed by atoms with Gasteiger partial charge in [-0.1, -0.05) is 13.0 Å². The maximum atomic E-state index is 5.05. The Morgan fingerprint density at radius 1 is 1.00 bits per heavy atom. The van der Waals surface area contributed by atoms with E-state index in [-0.39, 0.29) is 0 Å². The first kappa shape index (κ1) is 13.3. The summed E-state index contributed by atoms with van der Waals surface area (Å²) in [6.45, 7) is 2.73. The van der Waals surface area contributed by atoms with Gasteiger partial charge in [-0.05, 0) is 29.7 Å². The van der Waals surface area contributed by atoms with Crippen molar-refractivity contribution in [2.45, 2.75) is 19.9 Å². The average molecular weight is 280 g/mol. The van der Waals surface area contributed by atoms with Crippen molar-refractivity contribution in [1.82, 2.24) is 15.0 Å². The van der Waals surface area contributed by atoms with E-state index in [1.54, 1.807) is 12.5 Å².